The van der Waals surface area contributed by atoms with E-state index in [1.807, 2.05) is 16.3 Å². The topological polar surface area (TPSA) is 67.2 Å². The molecule has 106 valence electrons. The minimum absolute atomic E-state index is 0.0199. The number of carbonyl (C=O) groups is 1. The van der Waals surface area contributed by atoms with Crippen LogP contribution in [0, 0.1) is 0 Å². The van der Waals surface area contributed by atoms with Crippen LogP contribution in [0.15, 0.2) is 22.6 Å². The summed E-state index contributed by atoms with van der Waals surface area (Å²) < 4.78 is 2.01. The molecule has 0 saturated carbocycles. The Bertz CT molecular complexity index is 670. The lowest BCUT2D eigenvalue weighted by atomic mass is 10.3. The predicted molar refractivity (Wildman–Crippen MR) is 77.9 cm³/mol. The lowest BCUT2D eigenvalue weighted by molar-refractivity contribution is -0.131. The second-order valence-electron chi connectivity index (χ2n) is 4.80. The molecule has 0 aromatic carbocycles. The Kier molecular flexibility index (Phi) is 3.79. The van der Waals surface area contributed by atoms with Gasteiger partial charge in [-0.15, -0.1) is 11.3 Å². The molecule has 0 unspecified atom stereocenters. The number of carbonyl (C=O) groups excluding carboxylic acids is 1. The second-order valence-corrected chi connectivity index (χ2v) is 5.71. The number of aromatic nitrogens is 2. The molecule has 2 aromatic heterocycles. The van der Waals surface area contributed by atoms with Crippen LogP contribution in [0.1, 0.15) is 6.42 Å². The molecular formula is C13H16N4O2S. The Labute approximate surface area is 120 Å². The Morgan fingerprint density at radius 2 is 2.30 bits per heavy atom. The number of nitrogens with zero attached hydrogens (tertiary/aromatic N) is 3. The van der Waals surface area contributed by atoms with Crippen LogP contribution in [0.2, 0.25) is 0 Å². The van der Waals surface area contributed by atoms with Crippen molar-refractivity contribution in [2.24, 2.45) is 0 Å². The van der Waals surface area contributed by atoms with Gasteiger partial charge in [0.25, 0.3) is 5.56 Å². The standard InChI is InChI=1S/C13H16N4O2S/c18-11(16-5-1-3-14-4-6-16)8-17-9-15-10-2-7-20-12(10)13(17)19/h2,7,9,14H,1,3-6,8H2. The number of hydrogen-bond acceptors (Lipinski definition) is 5. The van der Waals surface area contributed by atoms with Crippen molar-refractivity contribution < 1.29 is 4.79 Å². The summed E-state index contributed by atoms with van der Waals surface area (Å²) in [5.41, 5.74) is 0.564. The van der Waals surface area contributed by atoms with Crippen LogP contribution in [-0.2, 0) is 11.3 Å². The molecule has 1 saturated heterocycles. The summed E-state index contributed by atoms with van der Waals surface area (Å²) in [6.45, 7) is 3.26. The highest BCUT2D eigenvalue weighted by atomic mass is 32.1. The van der Waals surface area contributed by atoms with E-state index in [1.54, 1.807) is 0 Å². The second kappa shape index (κ2) is 5.72. The van der Waals surface area contributed by atoms with Crippen molar-refractivity contribution in [3.05, 3.63) is 28.1 Å². The zero-order valence-electron chi connectivity index (χ0n) is 11.0. The first-order chi connectivity index (χ1) is 9.75. The predicted octanol–water partition coefficient (Wildman–Crippen LogP) is 0.280. The van der Waals surface area contributed by atoms with Crippen LogP contribution >= 0.6 is 11.3 Å². The number of amides is 1. The summed E-state index contributed by atoms with van der Waals surface area (Å²) in [6, 6.07) is 1.81. The maximum atomic E-state index is 12.3. The van der Waals surface area contributed by atoms with Crippen LogP contribution in [-0.4, -0.2) is 46.5 Å². The Hall–Kier alpha value is -1.73. The molecule has 0 radical (unpaired) electrons. The summed E-state index contributed by atoms with van der Waals surface area (Å²) in [4.78, 5) is 30.5. The molecular weight excluding hydrogens is 276 g/mol. The number of thiophene rings is 1. The first-order valence-corrected chi connectivity index (χ1v) is 7.55. The molecule has 1 aliphatic rings. The fraction of sp³-hybridized carbons (Fsp3) is 0.462. The van der Waals surface area contributed by atoms with Crippen molar-refractivity contribution in [3.63, 3.8) is 0 Å². The smallest absolute Gasteiger partial charge is 0.271 e. The third-order valence-corrected chi connectivity index (χ3v) is 4.33. The summed E-state index contributed by atoms with van der Waals surface area (Å²) >= 11 is 1.36. The van der Waals surface area contributed by atoms with Gasteiger partial charge in [-0.05, 0) is 24.4 Å². The lowest BCUT2D eigenvalue weighted by Gasteiger charge is -2.20. The molecule has 1 N–H and O–H groups in total. The Morgan fingerprint density at radius 1 is 1.40 bits per heavy atom. The molecule has 0 atom stereocenters. The highest BCUT2D eigenvalue weighted by Gasteiger charge is 2.16. The van der Waals surface area contributed by atoms with Gasteiger partial charge in [-0.2, -0.15) is 0 Å². The zero-order valence-corrected chi connectivity index (χ0v) is 11.9. The SMILES string of the molecule is O=C(Cn1cnc2ccsc2c1=O)N1CCCNCC1. The first-order valence-electron chi connectivity index (χ1n) is 6.67. The van der Waals surface area contributed by atoms with Gasteiger partial charge in [-0.25, -0.2) is 4.98 Å². The molecule has 0 aliphatic carbocycles. The van der Waals surface area contributed by atoms with E-state index >= 15 is 0 Å². The van der Waals surface area contributed by atoms with E-state index in [0.717, 1.165) is 26.1 Å². The number of rotatable bonds is 2. The van der Waals surface area contributed by atoms with E-state index in [9.17, 15) is 9.59 Å². The molecule has 3 heterocycles. The van der Waals surface area contributed by atoms with E-state index in [1.165, 1.54) is 22.2 Å². The van der Waals surface area contributed by atoms with Crippen LogP contribution in [0.5, 0.6) is 0 Å². The number of nitrogens with one attached hydrogen (secondary N) is 1. The van der Waals surface area contributed by atoms with Gasteiger partial charge in [0.05, 0.1) is 11.8 Å². The quantitative estimate of drug-likeness (QED) is 0.863. The fourth-order valence-corrected chi connectivity index (χ4v) is 3.13. The average molecular weight is 292 g/mol. The molecule has 0 bridgehead atoms. The lowest BCUT2D eigenvalue weighted by Crippen LogP contribution is -2.38. The van der Waals surface area contributed by atoms with Gasteiger partial charge >= 0.3 is 0 Å². The molecule has 20 heavy (non-hydrogen) atoms. The fourth-order valence-electron chi connectivity index (χ4n) is 2.33. The van der Waals surface area contributed by atoms with E-state index < -0.39 is 0 Å². The zero-order chi connectivity index (χ0) is 13.9. The molecule has 3 rings (SSSR count). The van der Waals surface area contributed by atoms with Crippen molar-refractivity contribution in [2.75, 3.05) is 26.2 Å². The van der Waals surface area contributed by atoms with Gasteiger partial charge in [0.15, 0.2) is 0 Å². The van der Waals surface area contributed by atoms with Gasteiger partial charge in [0.1, 0.15) is 11.2 Å². The molecule has 1 aliphatic heterocycles. The van der Waals surface area contributed by atoms with Crippen molar-refractivity contribution in [1.82, 2.24) is 19.8 Å². The molecule has 0 spiro atoms. The summed E-state index contributed by atoms with van der Waals surface area (Å²) in [6.07, 6.45) is 2.41. The highest BCUT2D eigenvalue weighted by Crippen LogP contribution is 2.13. The molecule has 2 aromatic rings. The van der Waals surface area contributed by atoms with Gasteiger partial charge in [0.2, 0.25) is 5.91 Å². The monoisotopic (exact) mass is 292 g/mol. The van der Waals surface area contributed by atoms with E-state index in [4.69, 9.17) is 0 Å². The number of fused-ring (bicyclic) bond motifs is 1. The maximum absolute atomic E-state index is 12.3. The Morgan fingerprint density at radius 3 is 3.20 bits per heavy atom. The van der Waals surface area contributed by atoms with Crippen molar-refractivity contribution >= 4 is 27.5 Å². The summed E-state index contributed by atoms with van der Waals surface area (Å²) in [5.74, 6) is -0.0199. The first kappa shape index (κ1) is 13.3. The summed E-state index contributed by atoms with van der Waals surface area (Å²) in [7, 11) is 0. The molecule has 6 nitrogen and oxygen atoms in total. The van der Waals surface area contributed by atoms with Crippen molar-refractivity contribution in [3.8, 4) is 0 Å². The Balaban J connectivity index is 1.79. The van der Waals surface area contributed by atoms with Crippen LogP contribution in [0.4, 0.5) is 0 Å². The van der Waals surface area contributed by atoms with E-state index in [2.05, 4.69) is 10.3 Å². The molecule has 1 amide bonds. The third kappa shape index (κ3) is 2.59. The molecule has 7 heteroatoms. The van der Waals surface area contributed by atoms with Gasteiger partial charge in [-0.3, -0.25) is 14.2 Å². The van der Waals surface area contributed by atoms with E-state index in [-0.39, 0.29) is 18.0 Å². The highest BCUT2D eigenvalue weighted by molar-refractivity contribution is 7.17. The normalized spacial score (nSPS) is 16.3. The van der Waals surface area contributed by atoms with Crippen molar-refractivity contribution in [2.45, 2.75) is 13.0 Å². The van der Waals surface area contributed by atoms with Gasteiger partial charge in [-0.1, -0.05) is 0 Å². The summed E-state index contributed by atoms with van der Waals surface area (Å²) in [5, 5.41) is 5.09. The van der Waals surface area contributed by atoms with Gasteiger partial charge in [0, 0.05) is 19.6 Å². The van der Waals surface area contributed by atoms with Crippen molar-refractivity contribution in [1.29, 1.82) is 0 Å². The molecule has 1 fully saturated rings. The van der Waals surface area contributed by atoms with Crippen LogP contribution in [0.3, 0.4) is 0 Å². The van der Waals surface area contributed by atoms with Crippen LogP contribution < -0.4 is 10.9 Å². The third-order valence-electron chi connectivity index (χ3n) is 3.43. The maximum Gasteiger partial charge on any atom is 0.271 e. The minimum atomic E-state index is -0.133. The van der Waals surface area contributed by atoms with Crippen LogP contribution in [0.25, 0.3) is 10.2 Å². The average Bonchev–Trinajstić information content (AvgIpc) is 2.76. The number of hydrogen-bond donors (Lipinski definition) is 1. The minimum Gasteiger partial charge on any atom is -0.340 e. The largest absolute Gasteiger partial charge is 0.340 e. The van der Waals surface area contributed by atoms with E-state index in [0.29, 0.717) is 16.8 Å². The van der Waals surface area contributed by atoms with Gasteiger partial charge < -0.3 is 10.2 Å².